The largest absolute Gasteiger partial charge is 0.414 e. The first-order valence-corrected chi connectivity index (χ1v) is 20.9. The lowest BCUT2D eigenvalue weighted by atomic mass is 9.81. The molecule has 0 aromatic rings. The molecule has 0 aromatic heterocycles. The van der Waals surface area contributed by atoms with Crippen molar-refractivity contribution in [2.24, 2.45) is 0 Å². The molecule has 168 valence electrons. The van der Waals surface area contributed by atoms with E-state index in [1.54, 1.807) is 4.90 Å². The topological polar surface area (TPSA) is 77.5 Å². The van der Waals surface area contributed by atoms with Crippen LogP contribution in [0.25, 0.3) is 0 Å². The minimum absolute atomic E-state index is 0.0622. The summed E-state index contributed by atoms with van der Waals surface area (Å²) in [4.78, 5) is 14.3. The van der Waals surface area contributed by atoms with Gasteiger partial charge in [0.15, 0.2) is 36.3 Å². The van der Waals surface area contributed by atoms with Gasteiger partial charge < -0.3 is 23.1 Å². The van der Waals surface area contributed by atoms with Crippen molar-refractivity contribution in [1.82, 2.24) is 4.90 Å². The maximum absolute atomic E-state index is 12.7. The molecular formula is C19H39NO6Si3. The van der Waals surface area contributed by atoms with Crippen molar-refractivity contribution >= 4 is 30.9 Å². The fraction of sp³-hybridized carbons (Fsp3) is 0.947. The standard InChI is InChI=1S/C19H39NO6Si3/c1-27(2,3)23-13-18-17(26-29(7,8)9)14(25-28(4,5)6)12-16(24-18)20-15(21)10-11-19(18,20)22/h14,16-17,22H,10-13H2,1-9H3/t14-,16+,17+,18-,19+/m1/s1. The van der Waals surface area contributed by atoms with E-state index in [-0.39, 0.29) is 18.6 Å². The average molecular weight is 462 g/mol. The predicted molar refractivity (Wildman–Crippen MR) is 119 cm³/mol. The van der Waals surface area contributed by atoms with Crippen molar-refractivity contribution in [2.45, 2.75) is 108 Å². The van der Waals surface area contributed by atoms with Gasteiger partial charge in [0.25, 0.3) is 0 Å². The Hall–Kier alpha value is -0.0794. The third kappa shape index (κ3) is 4.45. The molecule has 3 aliphatic heterocycles. The number of ether oxygens (including phenoxy) is 1. The van der Waals surface area contributed by atoms with Gasteiger partial charge in [-0.25, -0.2) is 0 Å². The number of hydrogen-bond donors (Lipinski definition) is 1. The first-order chi connectivity index (χ1) is 13.0. The number of rotatable bonds is 7. The first kappa shape index (κ1) is 23.6. The molecule has 29 heavy (non-hydrogen) atoms. The summed E-state index contributed by atoms with van der Waals surface area (Å²) in [6.07, 6.45) is -0.0352. The third-order valence-corrected chi connectivity index (χ3v) is 8.58. The predicted octanol–water partition coefficient (Wildman–Crippen LogP) is 3.09. The van der Waals surface area contributed by atoms with E-state index in [0.29, 0.717) is 19.3 Å². The molecule has 1 amide bonds. The van der Waals surface area contributed by atoms with Crippen molar-refractivity contribution in [3.8, 4) is 0 Å². The van der Waals surface area contributed by atoms with Gasteiger partial charge in [0.1, 0.15) is 12.3 Å². The van der Waals surface area contributed by atoms with E-state index in [4.69, 9.17) is 18.0 Å². The number of hydrogen-bond acceptors (Lipinski definition) is 6. The second-order valence-corrected chi connectivity index (χ2v) is 25.0. The smallest absolute Gasteiger partial charge is 0.227 e. The highest BCUT2D eigenvalue weighted by Crippen LogP contribution is 2.55. The Morgan fingerprint density at radius 2 is 1.62 bits per heavy atom. The third-order valence-electron chi connectivity index (χ3n) is 5.60. The fourth-order valence-electron chi connectivity index (χ4n) is 4.68. The van der Waals surface area contributed by atoms with Gasteiger partial charge in [0.05, 0.1) is 12.7 Å². The van der Waals surface area contributed by atoms with Gasteiger partial charge in [-0.2, -0.15) is 0 Å². The molecule has 3 fully saturated rings. The quantitative estimate of drug-likeness (QED) is 0.587. The molecule has 0 aromatic carbocycles. The van der Waals surface area contributed by atoms with Crippen LogP contribution in [-0.4, -0.2) is 77.2 Å². The van der Waals surface area contributed by atoms with Gasteiger partial charge in [0, 0.05) is 19.3 Å². The highest BCUT2D eigenvalue weighted by atomic mass is 28.4. The number of nitrogens with zero attached hydrogens (tertiary/aromatic N) is 1. The molecule has 7 nitrogen and oxygen atoms in total. The van der Waals surface area contributed by atoms with E-state index in [9.17, 15) is 9.90 Å². The summed E-state index contributed by atoms with van der Waals surface area (Å²) in [7, 11) is -5.83. The monoisotopic (exact) mass is 461 g/mol. The van der Waals surface area contributed by atoms with Crippen molar-refractivity contribution in [1.29, 1.82) is 0 Å². The summed E-state index contributed by atoms with van der Waals surface area (Å²) in [5.74, 6) is -0.0622. The highest BCUT2D eigenvalue weighted by molar-refractivity contribution is 6.70. The van der Waals surface area contributed by atoms with Crippen molar-refractivity contribution in [3.63, 3.8) is 0 Å². The van der Waals surface area contributed by atoms with E-state index in [1.165, 1.54) is 0 Å². The lowest BCUT2D eigenvalue weighted by molar-refractivity contribution is -0.243. The zero-order chi connectivity index (χ0) is 22.0. The van der Waals surface area contributed by atoms with Gasteiger partial charge in [-0.1, -0.05) is 0 Å². The molecule has 0 aliphatic carbocycles. The van der Waals surface area contributed by atoms with Gasteiger partial charge in [-0.3, -0.25) is 9.69 Å². The van der Waals surface area contributed by atoms with Crippen LogP contribution in [0.1, 0.15) is 19.3 Å². The van der Waals surface area contributed by atoms with Gasteiger partial charge in [0.2, 0.25) is 5.91 Å². The molecule has 3 heterocycles. The molecule has 3 rings (SSSR count). The van der Waals surface area contributed by atoms with E-state index in [2.05, 4.69) is 58.9 Å². The fourth-order valence-corrected chi connectivity index (χ4v) is 7.55. The van der Waals surface area contributed by atoms with Crippen LogP contribution in [-0.2, 0) is 22.8 Å². The van der Waals surface area contributed by atoms with Crippen LogP contribution in [0.5, 0.6) is 0 Å². The molecule has 0 spiro atoms. The molecule has 5 atom stereocenters. The first-order valence-electron chi connectivity index (χ1n) is 10.7. The zero-order valence-electron chi connectivity index (χ0n) is 19.5. The van der Waals surface area contributed by atoms with Crippen molar-refractivity contribution in [2.75, 3.05) is 6.61 Å². The molecule has 0 saturated carbocycles. The Morgan fingerprint density at radius 3 is 2.14 bits per heavy atom. The van der Waals surface area contributed by atoms with Crippen LogP contribution < -0.4 is 0 Å². The second kappa shape index (κ2) is 7.23. The molecular weight excluding hydrogens is 422 g/mol. The summed E-state index contributed by atoms with van der Waals surface area (Å²) in [5, 5.41) is 11.9. The minimum Gasteiger partial charge on any atom is -0.414 e. The SMILES string of the molecule is C[Si](C)(C)OC[C@@]12O[C@@H](C[C@@H](O[Si](C)(C)C)[C@@H]1O[Si](C)(C)C)N1C(=O)CC[C@@]12O. The lowest BCUT2D eigenvalue weighted by Crippen LogP contribution is -2.70. The van der Waals surface area contributed by atoms with E-state index in [0.717, 1.165) is 0 Å². The maximum atomic E-state index is 12.7. The number of carbonyl (C=O) groups is 1. The number of amides is 1. The summed E-state index contributed by atoms with van der Waals surface area (Å²) in [6.45, 7) is 19.4. The van der Waals surface area contributed by atoms with Crippen LogP contribution >= 0.6 is 0 Å². The molecule has 10 heteroatoms. The average Bonchev–Trinajstić information content (AvgIpc) is 2.90. The summed E-state index contributed by atoms with van der Waals surface area (Å²) in [5.41, 5.74) is -2.55. The Morgan fingerprint density at radius 1 is 1.03 bits per heavy atom. The van der Waals surface area contributed by atoms with Gasteiger partial charge in [-0.05, 0) is 58.9 Å². The molecule has 2 bridgehead atoms. The minimum atomic E-state index is -2.02. The van der Waals surface area contributed by atoms with Crippen LogP contribution in [0, 0.1) is 0 Å². The van der Waals surface area contributed by atoms with Crippen molar-refractivity contribution < 1.29 is 27.9 Å². The number of carbonyl (C=O) groups excluding carboxylic acids is 1. The van der Waals surface area contributed by atoms with E-state index < -0.39 is 48.6 Å². The Balaban J connectivity index is 2.09. The molecule has 0 radical (unpaired) electrons. The molecule has 3 saturated heterocycles. The van der Waals surface area contributed by atoms with E-state index >= 15 is 0 Å². The Bertz CT molecular complexity index is 658. The molecule has 3 aliphatic rings. The molecule has 0 unspecified atom stereocenters. The summed E-state index contributed by atoms with van der Waals surface area (Å²) in [6, 6.07) is 0. The Labute approximate surface area is 178 Å². The summed E-state index contributed by atoms with van der Waals surface area (Å²) < 4.78 is 26.1. The molecule has 1 N–H and O–H groups in total. The van der Waals surface area contributed by atoms with Crippen molar-refractivity contribution in [3.05, 3.63) is 0 Å². The van der Waals surface area contributed by atoms with E-state index in [1.807, 2.05) is 0 Å². The van der Waals surface area contributed by atoms with Crippen LogP contribution in [0.4, 0.5) is 0 Å². The van der Waals surface area contributed by atoms with Crippen LogP contribution in [0.2, 0.25) is 58.9 Å². The van der Waals surface area contributed by atoms with Crippen LogP contribution in [0.3, 0.4) is 0 Å². The van der Waals surface area contributed by atoms with Gasteiger partial charge in [-0.15, -0.1) is 0 Å². The number of fused-ring (bicyclic) bond motifs is 5. The summed E-state index contributed by atoms with van der Waals surface area (Å²) >= 11 is 0. The number of aliphatic hydroxyl groups is 1. The normalized spacial score (nSPS) is 37.9. The maximum Gasteiger partial charge on any atom is 0.227 e. The lowest BCUT2D eigenvalue weighted by Gasteiger charge is -2.51. The highest BCUT2D eigenvalue weighted by Gasteiger charge is 2.75. The zero-order valence-corrected chi connectivity index (χ0v) is 22.5. The van der Waals surface area contributed by atoms with Crippen LogP contribution in [0.15, 0.2) is 0 Å². The van der Waals surface area contributed by atoms with Gasteiger partial charge >= 0.3 is 0 Å². The second-order valence-electron chi connectivity index (χ2n) is 11.6. The Kier molecular flexibility index (Phi) is 5.88.